The normalized spacial score (nSPS) is 16.6. The topological polar surface area (TPSA) is 78.5 Å². The third kappa shape index (κ3) is 5.67. The van der Waals surface area contributed by atoms with Gasteiger partial charge in [-0.2, -0.15) is 0 Å². The highest BCUT2D eigenvalue weighted by molar-refractivity contribution is 7.89. The lowest BCUT2D eigenvalue weighted by Gasteiger charge is -2.34. The maximum Gasteiger partial charge on any atom is 0.253 e. The molecule has 0 radical (unpaired) electrons. The molecular formula is C18H30ClN3O3S. The highest BCUT2D eigenvalue weighted by atomic mass is 35.5. The van der Waals surface area contributed by atoms with Crippen molar-refractivity contribution in [3.05, 3.63) is 29.8 Å². The molecule has 0 spiro atoms. The van der Waals surface area contributed by atoms with Crippen molar-refractivity contribution in [2.24, 2.45) is 5.41 Å². The lowest BCUT2D eigenvalue weighted by atomic mass is 9.81. The monoisotopic (exact) mass is 403 g/mol. The lowest BCUT2D eigenvalue weighted by molar-refractivity contribution is 0.0773. The average molecular weight is 404 g/mol. The summed E-state index contributed by atoms with van der Waals surface area (Å²) in [5.41, 5.74) is 0.490. The van der Waals surface area contributed by atoms with Crippen LogP contribution in [-0.4, -0.2) is 51.9 Å². The number of carbonyl (C=O) groups excluding carboxylic acids is 1. The van der Waals surface area contributed by atoms with E-state index in [1.54, 1.807) is 17.0 Å². The molecule has 0 aliphatic carbocycles. The third-order valence-corrected chi connectivity index (χ3v) is 6.38. The quantitative estimate of drug-likeness (QED) is 0.731. The van der Waals surface area contributed by atoms with E-state index in [1.165, 1.54) is 12.1 Å². The van der Waals surface area contributed by atoms with Crippen LogP contribution in [0.3, 0.4) is 0 Å². The molecule has 26 heavy (non-hydrogen) atoms. The van der Waals surface area contributed by atoms with Crippen LogP contribution in [0.5, 0.6) is 0 Å². The van der Waals surface area contributed by atoms with Crippen LogP contribution in [0.2, 0.25) is 0 Å². The summed E-state index contributed by atoms with van der Waals surface area (Å²) in [7, 11) is -3.57. The minimum atomic E-state index is -3.57. The molecule has 1 aromatic rings. The van der Waals surface area contributed by atoms with Crippen LogP contribution >= 0.6 is 12.4 Å². The molecule has 0 bridgehead atoms. The van der Waals surface area contributed by atoms with E-state index in [0.717, 1.165) is 25.9 Å². The Morgan fingerprint density at radius 3 is 2.19 bits per heavy atom. The van der Waals surface area contributed by atoms with Gasteiger partial charge in [0.05, 0.1) is 4.90 Å². The molecule has 1 heterocycles. The fraction of sp³-hybridized carbons (Fsp3) is 0.611. The van der Waals surface area contributed by atoms with Crippen molar-refractivity contribution >= 4 is 28.3 Å². The van der Waals surface area contributed by atoms with Crippen LogP contribution in [0, 0.1) is 5.41 Å². The van der Waals surface area contributed by atoms with E-state index in [9.17, 15) is 13.2 Å². The van der Waals surface area contributed by atoms with Crippen molar-refractivity contribution in [1.29, 1.82) is 0 Å². The summed E-state index contributed by atoms with van der Waals surface area (Å²) in [5, 5.41) is 3.29. The Hall–Kier alpha value is -1.15. The van der Waals surface area contributed by atoms with Crippen molar-refractivity contribution in [1.82, 2.24) is 14.9 Å². The number of sulfonamides is 1. The Morgan fingerprint density at radius 2 is 1.69 bits per heavy atom. The van der Waals surface area contributed by atoms with Gasteiger partial charge in [0.1, 0.15) is 0 Å². The zero-order valence-electron chi connectivity index (χ0n) is 15.7. The smallest absolute Gasteiger partial charge is 0.253 e. The van der Waals surface area contributed by atoms with Gasteiger partial charge >= 0.3 is 0 Å². The van der Waals surface area contributed by atoms with E-state index in [4.69, 9.17) is 0 Å². The van der Waals surface area contributed by atoms with Gasteiger partial charge in [0.2, 0.25) is 10.0 Å². The molecule has 0 saturated carbocycles. The Kier molecular flexibility index (Phi) is 8.53. The van der Waals surface area contributed by atoms with Crippen molar-refractivity contribution in [3.63, 3.8) is 0 Å². The summed E-state index contributed by atoms with van der Waals surface area (Å²) in [6.45, 7) is 9.48. The van der Waals surface area contributed by atoms with Crippen molar-refractivity contribution in [2.75, 3.05) is 32.7 Å². The van der Waals surface area contributed by atoms with Gasteiger partial charge in [-0.3, -0.25) is 4.79 Å². The molecule has 1 aliphatic rings. The molecular weight excluding hydrogens is 374 g/mol. The molecule has 148 valence electrons. The second kappa shape index (κ2) is 9.69. The molecule has 1 saturated heterocycles. The molecule has 0 aromatic heterocycles. The van der Waals surface area contributed by atoms with Gasteiger partial charge in [-0.05, 0) is 69.5 Å². The fourth-order valence-electron chi connectivity index (χ4n) is 3.03. The Labute approximate surface area is 163 Å². The highest BCUT2D eigenvalue weighted by Crippen LogP contribution is 2.27. The summed E-state index contributed by atoms with van der Waals surface area (Å²) >= 11 is 0. The third-order valence-electron chi connectivity index (χ3n) is 4.96. The maximum atomic E-state index is 12.5. The number of amides is 1. The summed E-state index contributed by atoms with van der Waals surface area (Å²) in [6, 6.07) is 6.18. The van der Waals surface area contributed by atoms with Crippen molar-refractivity contribution in [3.8, 4) is 0 Å². The number of hydrogen-bond donors (Lipinski definition) is 2. The van der Waals surface area contributed by atoms with Crippen LogP contribution in [0.4, 0.5) is 0 Å². The van der Waals surface area contributed by atoms with Crippen LogP contribution in [0.15, 0.2) is 29.2 Å². The molecule has 2 rings (SSSR count). The van der Waals surface area contributed by atoms with Crippen LogP contribution in [-0.2, 0) is 10.0 Å². The van der Waals surface area contributed by atoms with E-state index >= 15 is 0 Å². The fourth-order valence-corrected chi connectivity index (χ4v) is 4.23. The van der Waals surface area contributed by atoms with E-state index in [0.29, 0.717) is 25.2 Å². The predicted molar refractivity (Wildman–Crippen MR) is 106 cm³/mol. The summed E-state index contributed by atoms with van der Waals surface area (Å²) in [6.07, 6.45) is 1.90. The molecule has 0 unspecified atom stereocenters. The summed E-state index contributed by atoms with van der Waals surface area (Å²) in [5.74, 6) is -0.0795. The Bertz CT molecular complexity index is 682. The zero-order valence-corrected chi connectivity index (χ0v) is 17.4. The van der Waals surface area contributed by atoms with Gasteiger partial charge < -0.3 is 10.2 Å². The molecule has 8 heteroatoms. The summed E-state index contributed by atoms with van der Waals surface area (Å²) < 4.78 is 27.8. The molecule has 1 aromatic carbocycles. The number of benzene rings is 1. The van der Waals surface area contributed by atoms with E-state index < -0.39 is 10.0 Å². The first-order chi connectivity index (χ1) is 11.8. The van der Waals surface area contributed by atoms with Crippen LogP contribution in [0.1, 0.15) is 44.0 Å². The van der Waals surface area contributed by atoms with Gasteiger partial charge in [0.25, 0.3) is 5.91 Å². The number of carbonyl (C=O) groups is 1. The van der Waals surface area contributed by atoms with Crippen LogP contribution in [0.25, 0.3) is 0 Å². The first kappa shape index (κ1) is 22.9. The second-order valence-electron chi connectivity index (χ2n) is 6.89. The van der Waals surface area contributed by atoms with Gasteiger partial charge in [-0.15, -0.1) is 12.4 Å². The molecule has 1 aliphatic heterocycles. The Morgan fingerprint density at radius 1 is 1.15 bits per heavy atom. The SMILES string of the molecule is CCN(CC)C(=O)c1ccc(S(=O)(=O)NCC2(C)CCNCC2)cc1.Cl. The average Bonchev–Trinajstić information content (AvgIpc) is 2.62. The van der Waals surface area contributed by atoms with E-state index in [-0.39, 0.29) is 28.6 Å². The number of halogens is 1. The first-order valence-electron chi connectivity index (χ1n) is 8.91. The minimum absolute atomic E-state index is 0. The highest BCUT2D eigenvalue weighted by Gasteiger charge is 2.28. The lowest BCUT2D eigenvalue weighted by Crippen LogP contribution is -2.42. The molecule has 6 nitrogen and oxygen atoms in total. The zero-order chi connectivity index (χ0) is 18.5. The predicted octanol–water partition coefficient (Wildman–Crippen LogP) is 2.26. The Balaban J connectivity index is 0.00000338. The number of nitrogens with zero attached hydrogens (tertiary/aromatic N) is 1. The second-order valence-corrected chi connectivity index (χ2v) is 8.65. The summed E-state index contributed by atoms with van der Waals surface area (Å²) in [4.78, 5) is 14.2. The van der Waals surface area contributed by atoms with E-state index in [2.05, 4.69) is 17.0 Å². The number of hydrogen-bond acceptors (Lipinski definition) is 4. The largest absolute Gasteiger partial charge is 0.339 e. The standard InChI is InChI=1S/C18H29N3O3S.ClH/c1-4-21(5-2)17(22)15-6-8-16(9-7-15)25(23,24)20-14-18(3)10-12-19-13-11-18;/h6-9,19-20H,4-5,10-14H2,1-3H3;1H. The molecule has 1 fully saturated rings. The number of nitrogens with one attached hydrogen (secondary N) is 2. The number of rotatable bonds is 7. The van der Waals surface area contributed by atoms with Gasteiger partial charge in [-0.25, -0.2) is 13.1 Å². The minimum Gasteiger partial charge on any atom is -0.339 e. The maximum absolute atomic E-state index is 12.5. The van der Waals surface area contributed by atoms with Gasteiger partial charge in [-0.1, -0.05) is 6.92 Å². The first-order valence-corrected chi connectivity index (χ1v) is 10.4. The van der Waals surface area contributed by atoms with Crippen LogP contribution < -0.4 is 10.0 Å². The van der Waals surface area contributed by atoms with Crippen molar-refractivity contribution in [2.45, 2.75) is 38.5 Å². The van der Waals surface area contributed by atoms with Gasteiger partial charge in [0.15, 0.2) is 0 Å². The van der Waals surface area contributed by atoms with E-state index in [1.807, 2.05) is 13.8 Å². The van der Waals surface area contributed by atoms with Gasteiger partial charge in [0, 0.05) is 25.2 Å². The van der Waals surface area contributed by atoms with Crippen molar-refractivity contribution < 1.29 is 13.2 Å². The number of piperidine rings is 1. The molecule has 1 amide bonds. The molecule has 2 N–H and O–H groups in total. The molecule has 0 atom stereocenters.